The van der Waals surface area contributed by atoms with E-state index in [0.717, 1.165) is 31.2 Å². The van der Waals surface area contributed by atoms with Gasteiger partial charge < -0.3 is 15.7 Å². The highest BCUT2D eigenvalue weighted by Crippen LogP contribution is 2.18. The molecule has 1 aromatic carbocycles. The van der Waals surface area contributed by atoms with Gasteiger partial charge in [-0.05, 0) is 31.9 Å². The summed E-state index contributed by atoms with van der Waals surface area (Å²) in [4.78, 5) is 23.8. The van der Waals surface area contributed by atoms with Crippen LogP contribution in [0.25, 0.3) is 0 Å². The second kappa shape index (κ2) is 7.11. The van der Waals surface area contributed by atoms with Crippen LogP contribution in [0.5, 0.6) is 5.75 Å². The third-order valence-corrected chi connectivity index (χ3v) is 3.78. The fourth-order valence-electron chi connectivity index (χ4n) is 2.61. The Bertz CT molecular complexity index is 522. The van der Waals surface area contributed by atoms with Gasteiger partial charge in [-0.1, -0.05) is 30.9 Å². The van der Waals surface area contributed by atoms with E-state index in [1.807, 2.05) is 6.92 Å². The van der Waals surface area contributed by atoms with Gasteiger partial charge in [0.1, 0.15) is 5.75 Å². The molecule has 5 heteroatoms. The largest absolute Gasteiger partial charge is 0.507 e. The van der Waals surface area contributed by atoms with Crippen LogP contribution in [0.15, 0.2) is 18.2 Å². The molecule has 0 unspecified atom stereocenters. The number of benzene rings is 1. The number of amides is 2. The predicted octanol–water partition coefficient (Wildman–Crippen LogP) is 1.88. The summed E-state index contributed by atoms with van der Waals surface area (Å²) in [7, 11) is 0. The van der Waals surface area contributed by atoms with Crippen LogP contribution in [-0.2, 0) is 4.79 Å². The van der Waals surface area contributed by atoms with Gasteiger partial charge in [-0.15, -0.1) is 0 Å². The molecule has 0 aromatic heterocycles. The third-order valence-electron chi connectivity index (χ3n) is 3.78. The van der Waals surface area contributed by atoms with Crippen molar-refractivity contribution in [1.82, 2.24) is 10.6 Å². The lowest BCUT2D eigenvalue weighted by atomic mass is 9.95. The van der Waals surface area contributed by atoms with Crippen LogP contribution in [0, 0.1) is 6.92 Å². The molecule has 1 aliphatic rings. The molecule has 0 radical (unpaired) electrons. The van der Waals surface area contributed by atoms with Crippen molar-refractivity contribution in [2.45, 2.75) is 45.1 Å². The molecule has 114 valence electrons. The Hall–Kier alpha value is -2.04. The number of nitrogens with one attached hydrogen (secondary N) is 2. The Labute approximate surface area is 124 Å². The average molecular weight is 290 g/mol. The molecule has 1 aliphatic carbocycles. The van der Waals surface area contributed by atoms with E-state index >= 15 is 0 Å². The molecule has 1 aromatic rings. The Morgan fingerprint density at radius 2 is 1.95 bits per heavy atom. The van der Waals surface area contributed by atoms with E-state index in [4.69, 9.17) is 0 Å². The van der Waals surface area contributed by atoms with Crippen LogP contribution in [0.4, 0.5) is 0 Å². The molecule has 2 amide bonds. The van der Waals surface area contributed by atoms with Crippen molar-refractivity contribution in [1.29, 1.82) is 0 Å². The van der Waals surface area contributed by atoms with E-state index in [1.165, 1.54) is 12.5 Å². The number of carbonyl (C=O) groups excluding carboxylic acids is 2. The molecule has 0 spiro atoms. The first-order valence-electron chi connectivity index (χ1n) is 7.43. The highest BCUT2D eigenvalue weighted by atomic mass is 16.3. The summed E-state index contributed by atoms with van der Waals surface area (Å²) in [5.41, 5.74) is 1.07. The van der Waals surface area contributed by atoms with Gasteiger partial charge in [-0.3, -0.25) is 9.59 Å². The van der Waals surface area contributed by atoms with Gasteiger partial charge in [0.25, 0.3) is 5.91 Å². The van der Waals surface area contributed by atoms with Crippen molar-refractivity contribution in [2.75, 3.05) is 6.54 Å². The Balaban J connectivity index is 1.82. The quantitative estimate of drug-likeness (QED) is 0.792. The fourth-order valence-corrected chi connectivity index (χ4v) is 2.61. The Morgan fingerprint density at radius 1 is 1.24 bits per heavy atom. The van der Waals surface area contributed by atoms with Crippen molar-refractivity contribution < 1.29 is 14.7 Å². The van der Waals surface area contributed by atoms with Gasteiger partial charge in [0.2, 0.25) is 5.91 Å². The summed E-state index contributed by atoms with van der Waals surface area (Å²) in [6.45, 7) is 1.77. The molecular weight excluding hydrogens is 268 g/mol. The van der Waals surface area contributed by atoms with Gasteiger partial charge in [0.15, 0.2) is 0 Å². The molecule has 0 bridgehead atoms. The lowest BCUT2D eigenvalue weighted by Gasteiger charge is -2.22. The van der Waals surface area contributed by atoms with Crippen molar-refractivity contribution in [2.24, 2.45) is 0 Å². The van der Waals surface area contributed by atoms with Crippen molar-refractivity contribution in [3.63, 3.8) is 0 Å². The lowest BCUT2D eigenvalue weighted by Crippen LogP contribution is -2.42. The van der Waals surface area contributed by atoms with E-state index < -0.39 is 5.91 Å². The van der Waals surface area contributed by atoms with E-state index in [9.17, 15) is 14.7 Å². The molecule has 5 nitrogen and oxygen atoms in total. The minimum atomic E-state index is -0.435. The van der Waals surface area contributed by atoms with E-state index in [1.54, 1.807) is 12.1 Å². The van der Waals surface area contributed by atoms with Crippen LogP contribution in [0.3, 0.4) is 0 Å². The number of phenolic OH excluding ortho intramolecular Hbond substituents is 1. The number of hydrogen-bond donors (Lipinski definition) is 3. The molecule has 0 aliphatic heterocycles. The van der Waals surface area contributed by atoms with Gasteiger partial charge in [0, 0.05) is 6.04 Å². The van der Waals surface area contributed by atoms with Gasteiger partial charge in [0.05, 0.1) is 12.1 Å². The summed E-state index contributed by atoms with van der Waals surface area (Å²) in [6, 6.07) is 5.04. The minimum Gasteiger partial charge on any atom is -0.507 e. The molecular formula is C16H22N2O3. The van der Waals surface area contributed by atoms with Crippen LogP contribution in [0.2, 0.25) is 0 Å². The highest BCUT2D eigenvalue weighted by Gasteiger charge is 2.17. The number of aromatic hydroxyl groups is 1. The summed E-state index contributed by atoms with van der Waals surface area (Å²) in [6.07, 6.45) is 5.55. The van der Waals surface area contributed by atoms with Gasteiger partial charge in [-0.25, -0.2) is 0 Å². The molecule has 3 N–H and O–H groups in total. The topological polar surface area (TPSA) is 78.4 Å². The number of rotatable bonds is 4. The first-order chi connectivity index (χ1) is 10.1. The van der Waals surface area contributed by atoms with Gasteiger partial charge in [-0.2, -0.15) is 0 Å². The number of aryl methyl sites for hydroxylation is 1. The zero-order valence-electron chi connectivity index (χ0n) is 12.3. The molecule has 21 heavy (non-hydrogen) atoms. The van der Waals surface area contributed by atoms with Crippen LogP contribution in [0.1, 0.15) is 48.0 Å². The maximum atomic E-state index is 12.0. The van der Waals surface area contributed by atoms with Crippen molar-refractivity contribution in [3.8, 4) is 5.75 Å². The zero-order chi connectivity index (χ0) is 15.2. The number of phenols is 1. The van der Waals surface area contributed by atoms with E-state index in [2.05, 4.69) is 10.6 Å². The first kappa shape index (κ1) is 15.4. The molecule has 2 rings (SSSR count). The first-order valence-corrected chi connectivity index (χ1v) is 7.43. The highest BCUT2D eigenvalue weighted by molar-refractivity contribution is 5.98. The fraction of sp³-hybridized carbons (Fsp3) is 0.500. The summed E-state index contributed by atoms with van der Waals surface area (Å²) in [5, 5.41) is 15.2. The van der Waals surface area contributed by atoms with E-state index in [0.29, 0.717) is 0 Å². The standard InChI is InChI=1S/C16H22N2O3/c1-11-7-8-14(19)13(9-11)16(21)17-10-15(20)18-12-5-3-2-4-6-12/h7-9,12,19H,2-6,10H2,1H3,(H,17,21)(H,18,20). The predicted molar refractivity (Wildman–Crippen MR) is 80.2 cm³/mol. The summed E-state index contributed by atoms with van der Waals surface area (Å²) >= 11 is 0. The van der Waals surface area contributed by atoms with E-state index in [-0.39, 0.29) is 29.8 Å². The molecule has 1 fully saturated rings. The smallest absolute Gasteiger partial charge is 0.255 e. The summed E-state index contributed by atoms with van der Waals surface area (Å²) in [5.74, 6) is -0.692. The Kier molecular flexibility index (Phi) is 5.20. The summed E-state index contributed by atoms with van der Waals surface area (Å²) < 4.78 is 0. The monoisotopic (exact) mass is 290 g/mol. The maximum absolute atomic E-state index is 12.0. The zero-order valence-corrected chi connectivity index (χ0v) is 12.3. The average Bonchev–Trinajstić information content (AvgIpc) is 2.48. The van der Waals surface area contributed by atoms with Crippen LogP contribution in [-0.4, -0.2) is 29.5 Å². The van der Waals surface area contributed by atoms with Gasteiger partial charge >= 0.3 is 0 Å². The second-order valence-electron chi connectivity index (χ2n) is 5.61. The molecule has 0 saturated heterocycles. The normalized spacial score (nSPS) is 15.5. The molecule has 0 heterocycles. The van der Waals surface area contributed by atoms with Crippen LogP contribution < -0.4 is 10.6 Å². The molecule has 1 saturated carbocycles. The Morgan fingerprint density at radius 3 is 2.67 bits per heavy atom. The SMILES string of the molecule is Cc1ccc(O)c(C(=O)NCC(=O)NC2CCCCC2)c1. The minimum absolute atomic E-state index is 0.0668. The lowest BCUT2D eigenvalue weighted by molar-refractivity contribution is -0.121. The number of carbonyl (C=O) groups is 2. The maximum Gasteiger partial charge on any atom is 0.255 e. The second-order valence-corrected chi connectivity index (χ2v) is 5.61. The molecule has 0 atom stereocenters. The van der Waals surface area contributed by atoms with Crippen LogP contribution >= 0.6 is 0 Å². The number of hydrogen-bond acceptors (Lipinski definition) is 3. The van der Waals surface area contributed by atoms with Crippen molar-refractivity contribution in [3.05, 3.63) is 29.3 Å². The van der Waals surface area contributed by atoms with Crippen molar-refractivity contribution >= 4 is 11.8 Å². The third kappa shape index (κ3) is 4.48.